The molecule has 0 saturated carbocycles. The fourth-order valence-electron chi connectivity index (χ4n) is 2.33. The minimum atomic E-state index is 0.0797. The van der Waals surface area contributed by atoms with Crippen molar-refractivity contribution in [3.63, 3.8) is 0 Å². The van der Waals surface area contributed by atoms with E-state index in [0.717, 1.165) is 26.6 Å². The van der Waals surface area contributed by atoms with Crippen LogP contribution in [0.1, 0.15) is 18.5 Å². The molecule has 0 saturated heterocycles. The number of thiophene rings is 1. The number of hydrogen-bond donors (Lipinski definition) is 1. The molecular weight excluding hydrogens is 304 g/mol. The molecule has 6 heteroatoms. The third-order valence-electron chi connectivity index (χ3n) is 3.59. The molecule has 3 aromatic rings. The molecule has 0 amide bonds. The molecule has 2 aromatic heterocycles. The zero-order valence-electron chi connectivity index (χ0n) is 11.7. The van der Waals surface area contributed by atoms with Gasteiger partial charge in [0.15, 0.2) is 0 Å². The number of nitrogens with zero attached hydrogens (tertiary/aromatic N) is 3. The Bertz CT molecular complexity index is 786. The second kappa shape index (κ2) is 5.50. The van der Waals surface area contributed by atoms with Crippen molar-refractivity contribution in [1.29, 1.82) is 0 Å². The first-order chi connectivity index (χ1) is 10.1. The third-order valence-corrected chi connectivity index (χ3v) is 4.74. The highest BCUT2D eigenvalue weighted by Gasteiger charge is 2.19. The van der Waals surface area contributed by atoms with Crippen molar-refractivity contribution >= 4 is 44.9 Å². The van der Waals surface area contributed by atoms with Crippen molar-refractivity contribution in [2.45, 2.75) is 13.0 Å². The maximum atomic E-state index is 6.30. The lowest BCUT2D eigenvalue weighted by Crippen LogP contribution is -2.23. The van der Waals surface area contributed by atoms with Crippen LogP contribution in [-0.2, 0) is 0 Å². The molecule has 0 spiro atoms. The number of fused-ring (bicyclic) bond motifs is 1. The van der Waals surface area contributed by atoms with E-state index in [1.165, 1.54) is 0 Å². The Morgan fingerprint density at radius 3 is 2.76 bits per heavy atom. The molecule has 2 heterocycles. The molecule has 2 N–H and O–H groups in total. The summed E-state index contributed by atoms with van der Waals surface area (Å²) in [6.07, 6.45) is 0. The topological polar surface area (TPSA) is 55.0 Å². The SMILES string of the molecule is CC(c1ccccc1Cl)N(C)c1nc(N)nc2sccc12. The van der Waals surface area contributed by atoms with Crippen LogP contribution in [0, 0.1) is 0 Å². The Kier molecular flexibility index (Phi) is 3.69. The van der Waals surface area contributed by atoms with Gasteiger partial charge < -0.3 is 10.6 Å². The molecule has 0 radical (unpaired) electrons. The lowest BCUT2D eigenvalue weighted by Gasteiger charge is -2.27. The van der Waals surface area contributed by atoms with Gasteiger partial charge in [0.1, 0.15) is 10.6 Å². The first kappa shape index (κ1) is 14.1. The van der Waals surface area contributed by atoms with Crippen LogP contribution >= 0.6 is 22.9 Å². The lowest BCUT2D eigenvalue weighted by atomic mass is 10.1. The van der Waals surface area contributed by atoms with Gasteiger partial charge in [0.2, 0.25) is 5.95 Å². The van der Waals surface area contributed by atoms with Gasteiger partial charge in [-0.2, -0.15) is 4.98 Å². The summed E-state index contributed by atoms with van der Waals surface area (Å²) in [7, 11) is 1.99. The van der Waals surface area contributed by atoms with Gasteiger partial charge in [0, 0.05) is 12.1 Å². The van der Waals surface area contributed by atoms with E-state index in [0.29, 0.717) is 0 Å². The predicted molar refractivity (Wildman–Crippen MR) is 90.1 cm³/mol. The van der Waals surface area contributed by atoms with Crippen LogP contribution < -0.4 is 10.6 Å². The number of nitrogen functional groups attached to an aromatic ring is 1. The molecule has 4 nitrogen and oxygen atoms in total. The average Bonchev–Trinajstić information content (AvgIpc) is 2.93. The molecule has 1 atom stereocenters. The van der Waals surface area contributed by atoms with Gasteiger partial charge in [-0.15, -0.1) is 11.3 Å². The van der Waals surface area contributed by atoms with Crippen LogP contribution in [0.3, 0.4) is 0 Å². The molecule has 1 aromatic carbocycles. The van der Waals surface area contributed by atoms with Crippen LogP contribution in [0.5, 0.6) is 0 Å². The van der Waals surface area contributed by atoms with Gasteiger partial charge >= 0.3 is 0 Å². The zero-order valence-corrected chi connectivity index (χ0v) is 13.3. The van der Waals surface area contributed by atoms with Gasteiger partial charge in [0.25, 0.3) is 0 Å². The van der Waals surface area contributed by atoms with Crippen molar-refractivity contribution in [3.8, 4) is 0 Å². The Morgan fingerprint density at radius 2 is 2.00 bits per heavy atom. The van der Waals surface area contributed by atoms with E-state index in [2.05, 4.69) is 21.8 Å². The molecule has 108 valence electrons. The minimum absolute atomic E-state index is 0.0797. The van der Waals surface area contributed by atoms with Crippen molar-refractivity contribution < 1.29 is 0 Å². The van der Waals surface area contributed by atoms with E-state index in [9.17, 15) is 0 Å². The second-order valence-electron chi connectivity index (χ2n) is 4.85. The van der Waals surface area contributed by atoms with E-state index in [1.54, 1.807) is 11.3 Å². The molecule has 0 aliphatic carbocycles. The number of halogens is 1. The highest BCUT2D eigenvalue weighted by atomic mass is 35.5. The van der Waals surface area contributed by atoms with Gasteiger partial charge in [-0.05, 0) is 30.0 Å². The predicted octanol–water partition coefficient (Wildman–Crippen LogP) is 4.12. The minimum Gasteiger partial charge on any atom is -0.368 e. The van der Waals surface area contributed by atoms with Crippen LogP contribution in [0.15, 0.2) is 35.7 Å². The molecule has 0 aliphatic heterocycles. The van der Waals surface area contributed by atoms with Crippen molar-refractivity contribution in [2.24, 2.45) is 0 Å². The summed E-state index contributed by atoms with van der Waals surface area (Å²) >= 11 is 7.86. The van der Waals surface area contributed by atoms with E-state index in [4.69, 9.17) is 17.3 Å². The molecular formula is C15H15ClN4S. The van der Waals surface area contributed by atoms with Gasteiger partial charge in [-0.3, -0.25) is 0 Å². The summed E-state index contributed by atoms with van der Waals surface area (Å²) in [6, 6.07) is 9.94. The first-order valence-corrected chi connectivity index (χ1v) is 7.81. The van der Waals surface area contributed by atoms with E-state index in [-0.39, 0.29) is 12.0 Å². The van der Waals surface area contributed by atoms with Crippen LogP contribution in [-0.4, -0.2) is 17.0 Å². The summed E-state index contributed by atoms with van der Waals surface area (Å²) in [5.41, 5.74) is 6.88. The molecule has 0 bridgehead atoms. The smallest absolute Gasteiger partial charge is 0.223 e. The summed E-state index contributed by atoms with van der Waals surface area (Å²) < 4.78 is 0. The molecule has 1 unspecified atom stereocenters. The number of nitrogens with two attached hydrogens (primary N) is 1. The van der Waals surface area contributed by atoms with E-state index >= 15 is 0 Å². The molecule has 0 fully saturated rings. The van der Waals surface area contributed by atoms with Crippen molar-refractivity contribution in [1.82, 2.24) is 9.97 Å². The number of aromatic nitrogens is 2. The Labute approximate surface area is 132 Å². The molecule has 0 aliphatic rings. The molecule has 21 heavy (non-hydrogen) atoms. The van der Waals surface area contributed by atoms with Gasteiger partial charge in [-0.1, -0.05) is 29.8 Å². The van der Waals surface area contributed by atoms with E-state index < -0.39 is 0 Å². The fourth-order valence-corrected chi connectivity index (χ4v) is 3.39. The van der Waals surface area contributed by atoms with Crippen molar-refractivity contribution in [2.75, 3.05) is 17.7 Å². The van der Waals surface area contributed by atoms with Gasteiger partial charge in [0.05, 0.1) is 11.4 Å². The quantitative estimate of drug-likeness (QED) is 0.789. The zero-order chi connectivity index (χ0) is 15.0. The first-order valence-electron chi connectivity index (χ1n) is 6.56. The second-order valence-corrected chi connectivity index (χ2v) is 6.15. The number of anilines is 2. The standard InChI is InChI=1S/C15H15ClN4S/c1-9(10-5-3-4-6-12(10)16)20(2)13-11-7-8-21-14(11)19-15(17)18-13/h3-9H,1-2H3,(H2,17,18,19). The van der Waals surface area contributed by atoms with Gasteiger partial charge in [-0.25, -0.2) is 4.98 Å². The summed E-state index contributed by atoms with van der Waals surface area (Å²) in [5, 5.41) is 3.76. The van der Waals surface area contributed by atoms with Crippen LogP contribution in [0.4, 0.5) is 11.8 Å². The van der Waals surface area contributed by atoms with Crippen LogP contribution in [0.25, 0.3) is 10.2 Å². The highest BCUT2D eigenvalue weighted by molar-refractivity contribution is 7.16. The highest BCUT2D eigenvalue weighted by Crippen LogP contribution is 2.34. The largest absolute Gasteiger partial charge is 0.368 e. The maximum absolute atomic E-state index is 6.30. The average molecular weight is 319 g/mol. The fraction of sp³-hybridized carbons (Fsp3) is 0.200. The Hall–Kier alpha value is -1.85. The lowest BCUT2D eigenvalue weighted by molar-refractivity contribution is 0.732. The normalized spacial score (nSPS) is 12.5. The third kappa shape index (κ3) is 2.54. The number of benzene rings is 1. The summed E-state index contributed by atoms with van der Waals surface area (Å²) in [4.78, 5) is 11.6. The number of rotatable bonds is 3. The monoisotopic (exact) mass is 318 g/mol. The maximum Gasteiger partial charge on any atom is 0.223 e. The van der Waals surface area contributed by atoms with E-state index in [1.807, 2.05) is 42.8 Å². The number of hydrogen-bond acceptors (Lipinski definition) is 5. The van der Waals surface area contributed by atoms with Crippen molar-refractivity contribution in [3.05, 3.63) is 46.3 Å². The Balaban J connectivity index is 2.06. The molecule has 3 rings (SSSR count). The summed E-state index contributed by atoms with van der Waals surface area (Å²) in [6.45, 7) is 2.09. The Morgan fingerprint density at radius 1 is 1.24 bits per heavy atom. The summed E-state index contributed by atoms with van der Waals surface area (Å²) in [5.74, 6) is 1.12. The van der Waals surface area contributed by atoms with Crippen LogP contribution in [0.2, 0.25) is 5.02 Å².